The summed E-state index contributed by atoms with van der Waals surface area (Å²) in [7, 11) is 0. The van der Waals surface area contributed by atoms with Crippen molar-refractivity contribution < 1.29 is 0 Å². The first kappa shape index (κ1) is 13.3. The van der Waals surface area contributed by atoms with E-state index in [9.17, 15) is 0 Å². The molecule has 2 aromatic rings. The van der Waals surface area contributed by atoms with E-state index >= 15 is 0 Å². The summed E-state index contributed by atoms with van der Waals surface area (Å²) in [5, 5.41) is 3.52. The second-order valence-electron chi connectivity index (χ2n) is 6.49. The first-order valence-corrected chi connectivity index (χ1v) is 7.26. The number of benzene rings is 1. The van der Waals surface area contributed by atoms with Gasteiger partial charge in [-0.1, -0.05) is 12.1 Å². The topological polar surface area (TPSA) is 41.0 Å². The van der Waals surface area contributed by atoms with Crippen molar-refractivity contribution in [2.45, 2.75) is 38.8 Å². The van der Waals surface area contributed by atoms with Gasteiger partial charge in [0.2, 0.25) is 0 Å². The molecule has 1 aromatic carbocycles. The lowest BCUT2D eigenvalue weighted by atomic mass is 10.1. The maximum atomic E-state index is 4.63. The van der Waals surface area contributed by atoms with E-state index in [1.54, 1.807) is 0 Å². The molecule has 4 heteroatoms. The molecule has 106 valence electrons. The van der Waals surface area contributed by atoms with Crippen LogP contribution in [-0.4, -0.2) is 39.5 Å². The molecular formula is C16H22N4. The number of hydrogen-bond donors (Lipinski definition) is 1. The Hall–Kier alpha value is -1.68. The third-order valence-electron chi connectivity index (χ3n) is 3.94. The predicted molar refractivity (Wildman–Crippen MR) is 82.9 cm³/mol. The van der Waals surface area contributed by atoms with Gasteiger partial charge in [-0.25, -0.2) is 4.98 Å². The standard InChI is InChI=1S/C16H22N4/c1-16(2,3)20-9-8-12(11-20)18-15-10-17-13-6-4-5-7-14(13)19-15/h4-7,10,12H,8-9,11H2,1-3H3,(H,18,19). The van der Waals surface area contributed by atoms with Gasteiger partial charge in [-0.3, -0.25) is 9.88 Å². The van der Waals surface area contributed by atoms with Crippen molar-refractivity contribution in [2.24, 2.45) is 0 Å². The Labute approximate surface area is 120 Å². The van der Waals surface area contributed by atoms with Crippen LogP contribution in [0.2, 0.25) is 0 Å². The minimum Gasteiger partial charge on any atom is -0.365 e. The third kappa shape index (κ3) is 2.75. The van der Waals surface area contributed by atoms with E-state index in [1.165, 1.54) is 0 Å². The molecule has 1 saturated heterocycles. The fraction of sp³-hybridized carbons (Fsp3) is 0.500. The summed E-state index contributed by atoms with van der Waals surface area (Å²) in [6, 6.07) is 8.44. The molecule has 0 aliphatic carbocycles. The molecule has 1 aromatic heterocycles. The van der Waals surface area contributed by atoms with Crippen LogP contribution < -0.4 is 5.32 Å². The summed E-state index contributed by atoms with van der Waals surface area (Å²) in [6.07, 6.45) is 2.99. The highest BCUT2D eigenvalue weighted by Gasteiger charge is 2.30. The van der Waals surface area contributed by atoms with E-state index in [4.69, 9.17) is 0 Å². The zero-order valence-electron chi connectivity index (χ0n) is 12.4. The van der Waals surface area contributed by atoms with Gasteiger partial charge in [0, 0.05) is 24.7 Å². The van der Waals surface area contributed by atoms with Crippen molar-refractivity contribution in [1.29, 1.82) is 0 Å². The average molecular weight is 270 g/mol. The Morgan fingerprint density at radius 3 is 2.65 bits per heavy atom. The van der Waals surface area contributed by atoms with E-state index in [0.29, 0.717) is 6.04 Å². The van der Waals surface area contributed by atoms with Crippen molar-refractivity contribution >= 4 is 16.9 Å². The van der Waals surface area contributed by atoms with Crippen molar-refractivity contribution in [3.63, 3.8) is 0 Å². The second kappa shape index (κ2) is 5.02. The SMILES string of the molecule is CC(C)(C)N1CCC(Nc2cnc3ccccc3n2)C1. The zero-order chi connectivity index (χ0) is 14.2. The molecule has 0 saturated carbocycles. The Kier molecular flexibility index (Phi) is 3.34. The van der Waals surface area contributed by atoms with Gasteiger partial charge in [-0.05, 0) is 39.3 Å². The van der Waals surface area contributed by atoms with Gasteiger partial charge >= 0.3 is 0 Å². The number of hydrogen-bond acceptors (Lipinski definition) is 4. The highest BCUT2D eigenvalue weighted by atomic mass is 15.2. The van der Waals surface area contributed by atoms with E-state index in [-0.39, 0.29) is 5.54 Å². The summed E-state index contributed by atoms with van der Waals surface area (Å²) in [5.41, 5.74) is 2.13. The number of fused-ring (bicyclic) bond motifs is 1. The Balaban J connectivity index is 1.71. The van der Waals surface area contributed by atoms with Crippen LogP contribution in [0.3, 0.4) is 0 Å². The van der Waals surface area contributed by atoms with Crippen LogP contribution >= 0.6 is 0 Å². The summed E-state index contributed by atoms with van der Waals surface area (Å²) in [6.45, 7) is 9.02. The average Bonchev–Trinajstić information content (AvgIpc) is 2.87. The predicted octanol–water partition coefficient (Wildman–Crippen LogP) is 2.91. The molecule has 1 unspecified atom stereocenters. The normalized spacial score (nSPS) is 20.4. The van der Waals surface area contributed by atoms with Crippen LogP contribution in [-0.2, 0) is 0 Å². The molecule has 3 rings (SSSR count). The van der Waals surface area contributed by atoms with Crippen LogP contribution in [0.4, 0.5) is 5.82 Å². The van der Waals surface area contributed by atoms with Gasteiger partial charge in [-0.15, -0.1) is 0 Å². The number of nitrogens with zero attached hydrogens (tertiary/aromatic N) is 3. The molecule has 2 heterocycles. The fourth-order valence-electron chi connectivity index (χ4n) is 2.72. The third-order valence-corrected chi connectivity index (χ3v) is 3.94. The van der Waals surface area contributed by atoms with Gasteiger partial charge in [0.1, 0.15) is 5.82 Å². The summed E-state index contributed by atoms with van der Waals surface area (Å²) in [4.78, 5) is 11.6. The molecule has 20 heavy (non-hydrogen) atoms. The highest BCUT2D eigenvalue weighted by Crippen LogP contribution is 2.22. The molecular weight excluding hydrogens is 248 g/mol. The molecule has 0 spiro atoms. The Morgan fingerprint density at radius 2 is 1.95 bits per heavy atom. The van der Waals surface area contributed by atoms with Gasteiger partial charge in [0.15, 0.2) is 0 Å². The summed E-state index contributed by atoms with van der Waals surface area (Å²) >= 11 is 0. The number of rotatable bonds is 2. The minimum atomic E-state index is 0.242. The molecule has 1 aliphatic rings. The van der Waals surface area contributed by atoms with Gasteiger partial charge in [-0.2, -0.15) is 0 Å². The number of anilines is 1. The molecule has 1 N–H and O–H groups in total. The lowest BCUT2D eigenvalue weighted by Crippen LogP contribution is -2.40. The fourth-order valence-corrected chi connectivity index (χ4v) is 2.72. The Morgan fingerprint density at radius 1 is 1.20 bits per heavy atom. The van der Waals surface area contributed by atoms with Crippen molar-refractivity contribution in [2.75, 3.05) is 18.4 Å². The first-order valence-electron chi connectivity index (χ1n) is 7.26. The molecule has 0 bridgehead atoms. The number of aromatic nitrogens is 2. The van der Waals surface area contributed by atoms with Crippen LogP contribution in [0.1, 0.15) is 27.2 Å². The lowest BCUT2D eigenvalue weighted by Gasteiger charge is -2.31. The monoisotopic (exact) mass is 270 g/mol. The second-order valence-corrected chi connectivity index (χ2v) is 6.49. The maximum Gasteiger partial charge on any atom is 0.145 e. The number of para-hydroxylation sites is 2. The number of likely N-dealkylation sites (tertiary alicyclic amines) is 1. The lowest BCUT2D eigenvalue weighted by molar-refractivity contribution is 0.174. The van der Waals surface area contributed by atoms with Crippen molar-refractivity contribution in [3.8, 4) is 0 Å². The molecule has 4 nitrogen and oxygen atoms in total. The summed E-state index contributed by atoms with van der Waals surface area (Å²) in [5.74, 6) is 0.879. The molecule has 0 amide bonds. The van der Waals surface area contributed by atoms with Gasteiger partial charge in [0.05, 0.1) is 17.2 Å². The number of nitrogens with one attached hydrogen (secondary N) is 1. The van der Waals surface area contributed by atoms with Crippen LogP contribution in [0, 0.1) is 0 Å². The van der Waals surface area contributed by atoms with Gasteiger partial charge < -0.3 is 5.32 Å². The Bertz CT molecular complexity index is 603. The maximum absolute atomic E-state index is 4.63. The van der Waals surface area contributed by atoms with Crippen LogP contribution in [0.5, 0.6) is 0 Å². The minimum absolute atomic E-state index is 0.242. The van der Waals surface area contributed by atoms with E-state index in [0.717, 1.165) is 36.4 Å². The van der Waals surface area contributed by atoms with E-state index < -0.39 is 0 Å². The van der Waals surface area contributed by atoms with E-state index in [2.05, 4.69) is 41.0 Å². The molecule has 1 fully saturated rings. The largest absolute Gasteiger partial charge is 0.365 e. The van der Waals surface area contributed by atoms with Crippen molar-refractivity contribution in [1.82, 2.24) is 14.9 Å². The van der Waals surface area contributed by atoms with Crippen molar-refractivity contribution in [3.05, 3.63) is 30.5 Å². The molecule has 1 atom stereocenters. The smallest absolute Gasteiger partial charge is 0.145 e. The highest BCUT2D eigenvalue weighted by molar-refractivity contribution is 5.75. The zero-order valence-corrected chi connectivity index (χ0v) is 12.4. The van der Waals surface area contributed by atoms with Gasteiger partial charge in [0.25, 0.3) is 0 Å². The van der Waals surface area contributed by atoms with Crippen LogP contribution in [0.15, 0.2) is 30.5 Å². The van der Waals surface area contributed by atoms with E-state index in [1.807, 2.05) is 30.5 Å². The molecule has 1 aliphatic heterocycles. The van der Waals surface area contributed by atoms with Crippen LogP contribution in [0.25, 0.3) is 11.0 Å². The molecule has 0 radical (unpaired) electrons. The quantitative estimate of drug-likeness (QED) is 0.911. The summed E-state index contributed by atoms with van der Waals surface area (Å²) < 4.78 is 0. The first-order chi connectivity index (χ1) is 9.52.